The smallest absolute Gasteiger partial charge is 0.407 e. The summed E-state index contributed by atoms with van der Waals surface area (Å²) in [7, 11) is 0. The van der Waals surface area contributed by atoms with Crippen molar-refractivity contribution in [3.8, 4) is 0 Å². The van der Waals surface area contributed by atoms with E-state index in [2.05, 4.69) is 15.1 Å². The number of nitrogens with two attached hydrogens (primary N) is 1. The third-order valence-corrected chi connectivity index (χ3v) is 6.13. The van der Waals surface area contributed by atoms with Gasteiger partial charge in [0, 0.05) is 79.9 Å². The first kappa shape index (κ1) is 24.0. The standard InChI is InChI=1S/C25H33N5O4/c1-25(2,3)34-24(33)27-10-12-30-22(31)18-6-4-5-17-20(8-7-19(21(17)18)23(30)32)29-15-13-28(11-9-26)14-16-29/h4-8H,9-16,26H2,1-3H3,(H,27,33). The van der Waals surface area contributed by atoms with Gasteiger partial charge in [-0.25, -0.2) is 4.79 Å². The third-order valence-electron chi connectivity index (χ3n) is 6.13. The molecule has 34 heavy (non-hydrogen) atoms. The van der Waals surface area contributed by atoms with E-state index in [9.17, 15) is 14.4 Å². The van der Waals surface area contributed by atoms with Gasteiger partial charge in [0.05, 0.1) is 0 Å². The molecule has 0 saturated carbocycles. The van der Waals surface area contributed by atoms with Crippen LogP contribution in [0, 0.1) is 0 Å². The van der Waals surface area contributed by atoms with Gasteiger partial charge in [-0.2, -0.15) is 0 Å². The lowest BCUT2D eigenvalue weighted by Gasteiger charge is -2.37. The molecule has 0 radical (unpaired) electrons. The molecule has 2 aromatic rings. The highest BCUT2D eigenvalue weighted by Crippen LogP contribution is 2.36. The number of anilines is 1. The molecule has 0 bridgehead atoms. The van der Waals surface area contributed by atoms with Crippen molar-refractivity contribution >= 4 is 34.4 Å². The number of carbonyl (C=O) groups is 3. The Bertz CT molecular complexity index is 1080. The summed E-state index contributed by atoms with van der Waals surface area (Å²) in [6.45, 7) is 10.6. The summed E-state index contributed by atoms with van der Waals surface area (Å²) in [4.78, 5) is 44.3. The number of nitrogens with zero attached hydrogens (tertiary/aromatic N) is 3. The first-order valence-corrected chi connectivity index (χ1v) is 11.8. The number of hydrogen-bond donors (Lipinski definition) is 2. The minimum absolute atomic E-state index is 0.0671. The Balaban J connectivity index is 1.53. The Morgan fingerprint density at radius 3 is 2.32 bits per heavy atom. The van der Waals surface area contributed by atoms with Crippen molar-refractivity contribution in [3.05, 3.63) is 41.5 Å². The van der Waals surface area contributed by atoms with Crippen LogP contribution in [0.1, 0.15) is 41.5 Å². The van der Waals surface area contributed by atoms with E-state index in [-0.39, 0.29) is 24.9 Å². The molecule has 2 aliphatic rings. The summed E-state index contributed by atoms with van der Waals surface area (Å²) in [5, 5.41) is 4.23. The number of rotatable bonds is 6. The number of nitrogens with one attached hydrogen (secondary N) is 1. The van der Waals surface area contributed by atoms with Crippen molar-refractivity contribution in [3.63, 3.8) is 0 Å². The Hall–Kier alpha value is -3.17. The van der Waals surface area contributed by atoms with Gasteiger partial charge in [-0.15, -0.1) is 0 Å². The summed E-state index contributed by atoms with van der Waals surface area (Å²) >= 11 is 0. The van der Waals surface area contributed by atoms with Crippen molar-refractivity contribution in [1.29, 1.82) is 0 Å². The fourth-order valence-corrected chi connectivity index (χ4v) is 4.59. The summed E-state index contributed by atoms with van der Waals surface area (Å²) in [6, 6.07) is 9.39. The second-order valence-corrected chi connectivity index (χ2v) is 9.67. The van der Waals surface area contributed by atoms with E-state index in [0.717, 1.165) is 43.8 Å². The Morgan fingerprint density at radius 2 is 1.68 bits per heavy atom. The van der Waals surface area contributed by atoms with Gasteiger partial charge < -0.3 is 20.7 Å². The largest absolute Gasteiger partial charge is 0.444 e. The van der Waals surface area contributed by atoms with Crippen LogP contribution in [0.3, 0.4) is 0 Å². The number of imide groups is 1. The maximum absolute atomic E-state index is 13.2. The van der Waals surface area contributed by atoms with Crippen LogP contribution >= 0.6 is 0 Å². The predicted molar refractivity (Wildman–Crippen MR) is 131 cm³/mol. The fraction of sp³-hybridized carbons (Fsp3) is 0.480. The lowest BCUT2D eigenvalue weighted by atomic mass is 9.92. The molecule has 2 heterocycles. The molecule has 182 valence electrons. The highest BCUT2D eigenvalue weighted by molar-refractivity contribution is 6.26. The average Bonchev–Trinajstić information content (AvgIpc) is 2.79. The Morgan fingerprint density at radius 1 is 1.00 bits per heavy atom. The highest BCUT2D eigenvalue weighted by Gasteiger charge is 2.34. The van der Waals surface area contributed by atoms with Crippen molar-refractivity contribution < 1.29 is 19.1 Å². The normalized spacial score (nSPS) is 16.8. The number of piperazine rings is 1. The summed E-state index contributed by atoms with van der Waals surface area (Å²) in [5.74, 6) is -0.696. The Kier molecular flexibility index (Phi) is 6.77. The van der Waals surface area contributed by atoms with Crippen LogP contribution in [-0.4, -0.2) is 85.7 Å². The number of alkyl carbamates (subject to hydrolysis) is 1. The van der Waals surface area contributed by atoms with E-state index in [1.807, 2.05) is 24.3 Å². The van der Waals surface area contributed by atoms with E-state index in [4.69, 9.17) is 10.5 Å². The van der Waals surface area contributed by atoms with Gasteiger partial charge in [-0.05, 0) is 39.0 Å². The Labute approximate surface area is 199 Å². The lowest BCUT2D eigenvalue weighted by molar-refractivity contribution is 0.0496. The van der Waals surface area contributed by atoms with Crippen LogP contribution in [0.4, 0.5) is 10.5 Å². The molecule has 4 rings (SSSR count). The molecule has 9 nitrogen and oxygen atoms in total. The van der Waals surface area contributed by atoms with E-state index in [1.54, 1.807) is 26.8 Å². The van der Waals surface area contributed by atoms with Crippen LogP contribution in [0.15, 0.2) is 30.3 Å². The van der Waals surface area contributed by atoms with Gasteiger partial charge in [0.25, 0.3) is 11.8 Å². The molecule has 0 aliphatic carbocycles. The van der Waals surface area contributed by atoms with E-state index in [1.165, 1.54) is 4.90 Å². The average molecular weight is 468 g/mol. The molecule has 0 unspecified atom stereocenters. The van der Waals surface area contributed by atoms with Gasteiger partial charge in [-0.1, -0.05) is 12.1 Å². The van der Waals surface area contributed by atoms with Crippen LogP contribution in [0.2, 0.25) is 0 Å². The van der Waals surface area contributed by atoms with E-state index >= 15 is 0 Å². The van der Waals surface area contributed by atoms with Crippen molar-refractivity contribution in [2.75, 3.05) is 57.3 Å². The minimum atomic E-state index is -0.621. The number of benzene rings is 2. The molecule has 1 fully saturated rings. The fourth-order valence-electron chi connectivity index (χ4n) is 4.59. The topological polar surface area (TPSA) is 108 Å². The quantitative estimate of drug-likeness (QED) is 0.626. The van der Waals surface area contributed by atoms with Crippen molar-refractivity contribution in [2.24, 2.45) is 5.73 Å². The summed E-state index contributed by atoms with van der Waals surface area (Å²) in [5.41, 5.74) is 7.12. The number of ether oxygens (including phenoxy) is 1. The molecule has 0 atom stereocenters. The first-order chi connectivity index (χ1) is 16.2. The van der Waals surface area contributed by atoms with Gasteiger partial charge in [-0.3, -0.25) is 19.4 Å². The van der Waals surface area contributed by atoms with Crippen LogP contribution in [0.25, 0.3) is 10.8 Å². The van der Waals surface area contributed by atoms with Crippen molar-refractivity contribution in [1.82, 2.24) is 15.1 Å². The van der Waals surface area contributed by atoms with E-state index < -0.39 is 11.7 Å². The molecule has 3 amide bonds. The number of hydrogen-bond acceptors (Lipinski definition) is 7. The zero-order valence-corrected chi connectivity index (χ0v) is 20.1. The van der Waals surface area contributed by atoms with Crippen molar-refractivity contribution in [2.45, 2.75) is 26.4 Å². The molecule has 9 heteroatoms. The molecular formula is C25H33N5O4. The second-order valence-electron chi connectivity index (χ2n) is 9.67. The first-order valence-electron chi connectivity index (χ1n) is 11.8. The van der Waals surface area contributed by atoms with Crippen LogP contribution in [0.5, 0.6) is 0 Å². The zero-order valence-electron chi connectivity index (χ0n) is 20.1. The highest BCUT2D eigenvalue weighted by atomic mass is 16.6. The van der Waals surface area contributed by atoms with Gasteiger partial charge in [0.2, 0.25) is 0 Å². The minimum Gasteiger partial charge on any atom is -0.444 e. The summed E-state index contributed by atoms with van der Waals surface area (Å²) in [6.07, 6.45) is -0.580. The third kappa shape index (κ3) is 4.85. The molecular weight excluding hydrogens is 434 g/mol. The monoisotopic (exact) mass is 467 g/mol. The van der Waals surface area contributed by atoms with Crippen LogP contribution in [-0.2, 0) is 4.74 Å². The predicted octanol–water partition coefficient (Wildman–Crippen LogP) is 2.04. The lowest BCUT2D eigenvalue weighted by Crippen LogP contribution is -2.48. The molecule has 2 aromatic carbocycles. The molecule has 3 N–H and O–H groups in total. The molecule has 1 saturated heterocycles. The SMILES string of the molecule is CC(C)(C)OC(=O)NCCN1C(=O)c2cccc3c(N4CCN(CCN)CC4)ccc(c23)C1=O. The summed E-state index contributed by atoms with van der Waals surface area (Å²) < 4.78 is 5.22. The van der Waals surface area contributed by atoms with Gasteiger partial charge in [0.15, 0.2) is 0 Å². The number of carbonyl (C=O) groups excluding carboxylic acids is 3. The zero-order chi connectivity index (χ0) is 24.5. The van der Waals surface area contributed by atoms with Gasteiger partial charge in [0.1, 0.15) is 5.60 Å². The van der Waals surface area contributed by atoms with Gasteiger partial charge >= 0.3 is 6.09 Å². The maximum atomic E-state index is 13.2. The van der Waals surface area contributed by atoms with E-state index in [0.29, 0.717) is 23.1 Å². The molecule has 0 aromatic heterocycles. The number of amides is 3. The maximum Gasteiger partial charge on any atom is 0.407 e. The molecule has 0 spiro atoms. The van der Waals surface area contributed by atoms with Crippen LogP contribution < -0.4 is 16.0 Å². The molecule has 2 aliphatic heterocycles. The second kappa shape index (κ2) is 9.60.